The minimum atomic E-state index is -0.430. The predicted molar refractivity (Wildman–Crippen MR) is 116 cm³/mol. The quantitative estimate of drug-likeness (QED) is 0.690. The number of ether oxygens (including phenoxy) is 2. The van der Waals surface area contributed by atoms with Gasteiger partial charge in [0.15, 0.2) is 5.65 Å². The number of hydrogen-bond acceptors (Lipinski definition) is 6. The maximum Gasteiger partial charge on any atom is 0.274 e. The van der Waals surface area contributed by atoms with E-state index in [0.29, 0.717) is 11.2 Å². The molecule has 1 amide bonds. The van der Waals surface area contributed by atoms with Crippen LogP contribution < -0.4 is 15.6 Å². The van der Waals surface area contributed by atoms with E-state index in [0.717, 1.165) is 37.9 Å². The molecule has 1 N–H and O–H groups in total. The lowest BCUT2D eigenvalue weighted by molar-refractivity contribution is 0.0981. The van der Waals surface area contributed by atoms with Crippen molar-refractivity contribution in [3.63, 3.8) is 0 Å². The van der Waals surface area contributed by atoms with Gasteiger partial charge in [0.25, 0.3) is 11.5 Å². The second-order valence-corrected chi connectivity index (χ2v) is 7.84. The molecule has 4 heterocycles. The van der Waals surface area contributed by atoms with Crippen LogP contribution >= 0.6 is 0 Å². The Morgan fingerprint density at radius 2 is 2.00 bits per heavy atom. The Kier molecular flexibility index (Phi) is 6.31. The number of pyridine rings is 2. The van der Waals surface area contributed by atoms with Crippen LogP contribution in [0.5, 0.6) is 5.88 Å². The zero-order chi connectivity index (χ0) is 21.8. The van der Waals surface area contributed by atoms with Gasteiger partial charge in [-0.1, -0.05) is 0 Å². The molecule has 0 aromatic carbocycles. The van der Waals surface area contributed by atoms with Crippen molar-refractivity contribution in [2.75, 3.05) is 18.5 Å². The van der Waals surface area contributed by atoms with E-state index in [1.54, 1.807) is 49.4 Å². The van der Waals surface area contributed by atoms with E-state index >= 15 is 0 Å². The molecular formula is C22H27N5O4. The van der Waals surface area contributed by atoms with Crippen LogP contribution in [-0.2, 0) is 18.8 Å². The van der Waals surface area contributed by atoms with E-state index in [4.69, 9.17) is 9.47 Å². The van der Waals surface area contributed by atoms with Crippen molar-refractivity contribution in [1.29, 1.82) is 0 Å². The number of aromatic nitrogens is 4. The molecule has 2 aliphatic rings. The Morgan fingerprint density at radius 3 is 2.65 bits per heavy atom. The molecular weight excluding hydrogens is 398 g/mol. The molecule has 0 atom stereocenters. The highest BCUT2D eigenvalue weighted by atomic mass is 16.5. The summed E-state index contributed by atoms with van der Waals surface area (Å²) >= 11 is 0. The van der Waals surface area contributed by atoms with E-state index in [2.05, 4.69) is 15.4 Å². The average Bonchev–Trinajstić information content (AvgIpc) is 3.39. The first-order valence-electron chi connectivity index (χ1n) is 10.6. The zero-order valence-electron chi connectivity index (χ0n) is 17.8. The lowest BCUT2D eigenvalue weighted by Crippen LogP contribution is -2.27. The first-order valence-corrected chi connectivity index (χ1v) is 10.6. The minimum Gasteiger partial charge on any atom is -0.474 e. The van der Waals surface area contributed by atoms with Crippen LogP contribution in [0.3, 0.4) is 0 Å². The summed E-state index contributed by atoms with van der Waals surface area (Å²) < 4.78 is 13.9. The number of carbonyl (C=O) groups is 1. The molecule has 1 aliphatic carbocycles. The third kappa shape index (κ3) is 4.93. The standard InChI is InChI=1S/C18H19N5O3.C4H8O/c1-22-8-4-7-14(18(22)25)19-16(24)13-9-11-10-23(2)21-15(11)20-17(13)26-12-5-3-6-12;1-2-4-5-3-1/h4,7-10,12H,3,5-6H2,1-2H3,(H,19,24);1-4H2. The van der Waals surface area contributed by atoms with Crippen LogP contribution in [0.15, 0.2) is 35.4 Å². The summed E-state index contributed by atoms with van der Waals surface area (Å²) in [5.41, 5.74) is 0.746. The topological polar surface area (TPSA) is 100 Å². The average molecular weight is 425 g/mol. The molecule has 0 spiro atoms. The molecule has 1 aliphatic heterocycles. The van der Waals surface area contributed by atoms with Gasteiger partial charge in [-0.15, -0.1) is 0 Å². The number of nitrogens with one attached hydrogen (secondary N) is 1. The molecule has 9 heteroatoms. The molecule has 164 valence electrons. The van der Waals surface area contributed by atoms with Gasteiger partial charge in [0.1, 0.15) is 17.4 Å². The van der Waals surface area contributed by atoms with Crippen molar-refractivity contribution in [1.82, 2.24) is 19.3 Å². The lowest BCUT2D eigenvalue weighted by atomic mass is 9.96. The van der Waals surface area contributed by atoms with Gasteiger partial charge in [-0.25, -0.2) is 0 Å². The van der Waals surface area contributed by atoms with Crippen LogP contribution in [0.25, 0.3) is 11.0 Å². The molecule has 31 heavy (non-hydrogen) atoms. The largest absolute Gasteiger partial charge is 0.474 e. The molecule has 0 unspecified atom stereocenters. The van der Waals surface area contributed by atoms with E-state index in [1.807, 2.05) is 0 Å². The summed E-state index contributed by atoms with van der Waals surface area (Å²) in [6, 6.07) is 4.97. The number of aryl methyl sites for hydroxylation is 2. The first-order chi connectivity index (χ1) is 15.0. The molecule has 0 bridgehead atoms. The molecule has 5 rings (SSSR count). The van der Waals surface area contributed by atoms with E-state index < -0.39 is 5.91 Å². The zero-order valence-corrected chi connectivity index (χ0v) is 17.8. The Labute approximate surface area is 180 Å². The summed E-state index contributed by atoms with van der Waals surface area (Å²) in [4.78, 5) is 29.4. The van der Waals surface area contributed by atoms with Crippen molar-refractivity contribution < 1.29 is 14.3 Å². The Balaban J connectivity index is 0.000000407. The highest BCUT2D eigenvalue weighted by Crippen LogP contribution is 2.28. The SMILES string of the molecule is C1CCOC1.Cn1cc2cc(C(=O)Nc3cccn(C)c3=O)c(OC3CCC3)nc2n1. The third-order valence-electron chi connectivity index (χ3n) is 5.35. The minimum absolute atomic E-state index is 0.0693. The summed E-state index contributed by atoms with van der Waals surface area (Å²) in [5.74, 6) is -0.174. The normalized spacial score (nSPS) is 15.8. The fourth-order valence-corrected chi connectivity index (χ4v) is 3.35. The highest BCUT2D eigenvalue weighted by molar-refractivity contribution is 6.07. The smallest absolute Gasteiger partial charge is 0.274 e. The fraction of sp³-hybridized carbons (Fsp3) is 0.455. The summed E-state index contributed by atoms with van der Waals surface area (Å²) in [5, 5.41) is 7.68. The van der Waals surface area contributed by atoms with Crippen molar-refractivity contribution in [3.8, 4) is 5.88 Å². The van der Waals surface area contributed by atoms with Gasteiger partial charge >= 0.3 is 0 Å². The molecule has 1 saturated carbocycles. The second-order valence-electron chi connectivity index (χ2n) is 7.84. The van der Waals surface area contributed by atoms with Gasteiger partial charge in [0.2, 0.25) is 5.88 Å². The summed E-state index contributed by atoms with van der Waals surface area (Å²) in [7, 11) is 3.42. The number of rotatable bonds is 4. The number of amides is 1. The number of anilines is 1. The lowest BCUT2D eigenvalue weighted by Gasteiger charge is -2.26. The van der Waals surface area contributed by atoms with Gasteiger partial charge < -0.3 is 19.4 Å². The monoisotopic (exact) mass is 425 g/mol. The number of hydrogen-bond donors (Lipinski definition) is 1. The van der Waals surface area contributed by atoms with Gasteiger partial charge in [-0.2, -0.15) is 10.1 Å². The second kappa shape index (κ2) is 9.30. The molecule has 3 aromatic heterocycles. The van der Waals surface area contributed by atoms with E-state index in [9.17, 15) is 9.59 Å². The summed E-state index contributed by atoms with van der Waals surface area (Å²) in [6.45, 7) is 2.00. The van der Waals surface area contributed by atoms with Crippen molar-refractivity contribution in [3.05, 3.63) is 46.5 Å². The summed E-state index contributed by atoms with van der Waals surface area (Å²) in [6.07, 6.45) is 9.04. The molecule has 1 saturated heterocycles. The highest BCUT2D eigenvalue weighted by Gasteiger charge is 2.24. The number of fused-ring (bicyclic) bond motifs is 1. The Hall–Kier alpha value is -3.20. The van der Waals surface area contributed by atoms with Crippen LogP contribution in [0, 0.1) is 0 Å². The van der Waals surface area contributed by atoms with E-state index in [-0.39, 0.29) is 23.2 Å². The number of nitrogens with zero attached hydrogens (tertiary/aromatic N) is 4. The van der Waals surface area contributed by atoms with Crippen molar-refractivity contribution in [2.45, 2.75) is 38.2 Å². The van der Waals surface area contributed by atoms with Crippen LogP contribution in [-0.4, -0.2) is 44.6 Å². The third-order valence-corrected chi connectivity index (χ3v) is 5.35. The Morgan fingerprint density at radius 1 is 1.23 bits per heavy atom. The van der Waals surface area contributed by atoms with Crippen molar-refractivity contribution in [2.24, 2.45) is 14.1 Å². The van der Waals surface area contributed by atoms with Crippen LogP contribution in [0.1, 0.15) is 42.5 Å². The maximum absolute atomic E-state index is 12.8. The van der Waals surface area contributed by atoms with Crippen LogP contribution in [0.2, 0.25) is 0 Å². The molecule has 0 radical (unpaired) electrons. The van der Waals surface area contributed by atoms with E-state index in [1.165, 1.54) is 17.4 Å². The van der Waals surface area contributed by atoms with Gasteiger partial charge in [-0.05, 0) is 50.3 Å². The fourth-order valence-electron chi connectivity index (χ4n) is 3.35. The van der Waals surface area contributed by atoms with Gasteiger partial charge in [0.05, 0.1) is 0 Å². The Bertz CT molecular complexity index is 1120. The van der Waals surface area contributed by atoms with Gasteiger partial charge in [-0.3, -0.25) is 14.3 Å². The molecule has 2 fully saturated rings. The predicted octanol–water partition coefficient (Wildman–Crippen LogP) is 2.65. The maximum atomic E-state index is 12.8. The first kappa shape index (κ1) is 21.0. The molecule has 9 nitrogen and oxygen atoms in total. The van der Waals surface area contributed by atoms with Gasteiger partial charge in [0, 0.05) is 45.1 Å². The van der Waals surface area contributed by atoms with Crippen molar-refractivity contribution >= 4 is 22.6 Å². The van der Waals surface area contributed by atoms with Crippen LogP contribution in [0.4, 0.5) is 5.69 Å². The number of carbonyl (C=O) groups excluding carboxylic acids is 1. The molecule has 3 aromatic rings.